The second-order valence-electron chi connectivity index (χ2n) is 10.1. The van der Waals surface area contributed by atoms with E-state index in [1.807, 2.05) is 13.8 Å². The first-order chi connectivity index (χ1) is 21.2. The Morgan fingerprint density at radius 3 is 0.955 bits per heavy atom. The molecule has 0 heterocycles. The second kappa shape index (κ2) is 27.2. The molecular formula is C41H52P2Pt. The molecule has 44 heavy (non-hydrogen) atoms. The van der Waals surface area contributed by atoms with Crippen LogP contribution in [0.15, 0.2) is 146 Å². The van der Waals surface area contributed by atoms with Gasteiger partial charge in [-0.25, -0.2) is 0 Å². The van der Waals surface area contributed by atoms with Gasteiger partial charge in [0.1, 0.15) is 0 Å². The van der Waals surface area contributed by atoms with Gasteiger partial charge in [0.05, 0.1) is 0 Å². The molecule has 0 aliphatic heterocycles. The molecule has 0 aliphatic rings. The van der Waals surface area contributed by atoms with E-state index in [0.29, 0.717) is 0 Å². The molecule has 4 aromatic rings. The predicted octanol–water partition coefficient (Wildman–Crippen LogP) is 10.8. The summed E-state index contributed by atoms with van der Waals surface area (Å²) in [6.07, 6.45) is 19.2. The standard InChI is InChI=1S/C27H26P2.2C7H13.Pt/c1-5-14-24(15-6-1)28(25-16-7-2-8-17-25)22-13-23-29(26-18-9-3-10-19-26)27-20-11-4-12-21-27;2*1-3-5-7-6-4-2;/h1-12,14-21H,13,22-23H2;2*4,6H,1,3,5,7H2,2H3;/q;2*-1;+2/b;6-4+;6-4-;. The molecule has 0 atom stereocenters. The Labute approximate surface area is 287 Å². The maximum atomic E-state index is 3.72. The van der Waals surface area contributed by atoms with E-state index in [0.717, 1.165) is 12.8 Å². The zero-order valence-electron chi connectivity index (χ0n) is 26.8. The van der Waals surface area contributed by atoms with Gasteiger partial charge in [-0.3, -0.25) is 0 Å². The molecular weight excluding hydrogens is 749 g/mol. The summed E-state index contributed by atoms with van der Waals surface area (Å²) in [6.45, 7) is 11.5. The first-order valence-corrected chi connectivity index (χ1v) is 18.9. The first kappa shape index (κ1) is 39.9. The van der Waals surface area contributed by atoms with Crippen LogP contribution < -0.4 is 21.2 Å². The van der Waals surface area contributed by atoms with Gasteiger partial charge in [-0.2, -0.15) is 12.8 Å². The Morgan fingerprint density at radius 2 is 0.727 bits per heavy atom. The van der Waals surface area contributed by atoms with Gasteiger partial charge in [-0.15, -0.1) is 0 Å². The molecule has 0 aliphatic carbocycles. The van der Waals surface area contributed by atoms with Gasteiger partial charge >= 0.3 is 21.1 Å². The maximum Gasteiger partial charge on any atom is 2.00 e. The summed E-state index contributed by atoms with van der Waals surface area (Å²) in [5, 5.41) is 5.94. The summed E-state index contributed by atoms with van der Waals surface area (Å²) in [5.74, 6) is 0. The topological polar surface area (TPSA) is 0 Å². The van der Waals surface area contributed by atoms with E-state index in [9.17, 15) is 0 Å². The molecule has 0 saturated heterocycles. The number of allylic oxidation sites excluding steroid dienone is 4. The molecule has 0 nitrogen and oxygen atoms in total. The largest absolute Gasteiger partial charge is 2.00 e. The third-order valence-electron chi connectivity index (χ3n) is 6.75. The minimum atomic E-state index is -0.309. The molecule has 0 N–H and O–H groups in total. The van der Waals surface area contributed by atoms with Crippen molar-refractivity contribution in [2.75, 3.05) is 12.3 Å². The molecule has 0 unspecified atom stereocenters. The van der Waals surface area contributed by atoms with Crippen LogP contribution in [0, 0.1) is 13.8 Å². The minimum Gasteiger partial charge on any atom is -0.343 e. The van der Waals surface area contributed by atoms with Gasteiger partial charge in [0, 0.05) is 0 Å². The third kappa shape index (κ3) is 16.8. The molecule has 3 heteroatoms. The van der Waals surface area contributed by atoms with Gasteiger partial charge in [0.2, 0.25) is 0 Å². The average Bonchev–Trinajstić information content (AvgIpc) is 3.08. The van der Waals surface area contributed by atoms with Crippen LogP contribution in [0.2, 0.25) is 0 Å². The molecule has 0 fully saturated rings. The van der Waals surface area contributed by atoms with E-state index in [2.05, 4.69) is 159 Å². The average molecular weight is 802 g/mol. The molecule has 0 aromatic heterocycles. The molecule has 4 rings (SSSR count). The van der Waals surface area contributed by atoms with Gasteiger partial charge in [0.15, 0.2) is 0 Å². The van der Waals surface area contributed by atoms with Crippen molar-refractivity contribution in [2.45, 2.75) is 58.8 Å². The normalized spacial score (nSPS) is 10.7. The smallest absolute Gasteiger partial charge is 0.343 e. The van der Waals surface area contributed by atoms with Crippen LogP contribution in [0.3, 0.4) is 0 Å². The first-order valence-electron chi connectivity index (χ1n) is 15.8. The third-order valence-corrected chi connectivity index (χ3v) is 12.0. The van der Waals surface area contributed by atoms with Crippen molar-refractivity contribution < 1.29 is 21.1 Å². The van der Waals surface area contributed by atoms with Crippen LogP contribution in [-0.2, 0) is 21.1 Å². The Morgan fingerprint density at radius 1 is 0.455 bits per heavy atom. The van der Waals surface area contributed by atoms with Gasteiger partial charge in [0.25, 0.3) is 0 Å². The Hall–Kier alpha value is -2.09. The summed E-state index contributed by atoms with van der Waals surface area (Å²) in [5.41, 5.74) is 0. The minimum absolute atomic E-state index is 0. The Kier molecular flexibility index (Phi) is 24.7. The zero-order valence-corrected chi connectivity index (χ0v) is 30.9. The fraction of sp³-hybridized carbons (Fsp3) is 0.268. The molecule has 236 valence electrons. The van der Waals surface area contributed by atoms with Crippen molar-refractivity contribution in [3.05, 3.63) is 159 Å². The number of hydrogen-bond donors (Lipinski definition) is 0. The van der Waals surface area contributed by atoms with Crippen LogP contribution in [0.25, 0.3) is 0 Å². The van der Waals surface area contributed by atoms with E-state index in [-0.39, 0.29) is 36.9 Å². The van der Waals surface area contributed by atoms with E-state index in [1.165, 1.54) is 65.6 Å². The van der Waals surface area contributed by atoms with Crippen molar-refractivity contribution in [3.8, 4) is 0 Å². The Bertz CT molecular complexity index is 1050. The van der Waals surface area contributed by atoms with Crippen molar-refractivity contribution in [3.63, 3.8) is 0 Å². The molecule has 0 bridgehead atoms. The fourth-order valence-electron chi connectivity index (χ4n) is 4.49. The SMILES string of the molecule is [CH2-]CCC/C=C/C.[CH2-]CCC/C=C\C.[Pt+2].c1ccc(P(CCCP(c2ccccc2)c2ccccc2)c2ccccc2)cc1. The fourth-order valence-corrected chi connectivity index (χ4v) is 9.45. The Balaban J connectivity index is 0.000000541. The van der Waals surface area contributed by atoms with Crippen molar-refractivity contribution in [1.82, 2.24) is 0 Å². The van der Waals surface area contributed by atoms with Crippen LogP contribution in [-0.4, -0.2) is 12.3 Å². The van der Waals surface area contributed by atoms with Gasteiger partial charge < -0.3 is 13.8 Å². The molecule has 0 radical (unpaired) electrons. The van der Waals surface area contributed by atoms with Crippen molar-refractivity contribution >= 4 is 37.1 Å². The van der Waals surface area contributed by atoms with E-state index < -0.39 is 0 Å². The molecule has 4 aromatic carbocycles. The van der Waals surface area contributed by atoms with Crippen molar-refractivity contribution in [2.24, 2.45) is 0 Å². The van der Waals surface area contributed by atoms with Gasteiger partial charge in [-0.05, 0) is 82.5 Å². The summed E-state index contributed by atoms with van der Waals surface area (Å²) >= 11 is 0. The summed E-state index contributed by atoms with van der Waals surface area (Å²) < 4.78 is 0. The number of benzene rings is 4. The number of hydrogen-bond acceptors (Lipinski definition) is 0. The number of rotatable bonds is 14. The predicted molar refractivity (Wildman–Crippen MR) is 201 cm³/mol. The summed E-state index contributed by atoms with van der Waals surface area (Å²) in [7, 11) is -0.618. The number of unbranched alkanes of at least 4 members (excludes halogenated alkanes) is 4. The second-order valence-corrected chi connectivity index (χ2v) is 14.8. The molecule has 0 spiro atoms. The maximum absolute atomic E-state index is 3.72. The summed E-state index contributed by atoms with van der Waals surface area (Å²) in [6, 6.07) is 44.3. The monoisotopic (exact) mass is 801 g/mol. The zero-order chi connectivity index (χ0) is 30.8. The van der Waals surface area contributed by atoms with Crippen LogP contribution in [0.4, 0.5) is 0 Å². The van der Waals surface area contributed by atoms with E-state index in [1.54, 1.807) is 0 Å². The van der Waals surface area contributed by atoms with Crippen LogP contribution in [0.5, 0.6) is 0 Å². The molecule has 0 saturated carbocycles. The van der Waals surface area contributed by atoms with Crippen LogP contribution in [0.1, 0.15) is 58.8 Å². The van der Waals surface area contributed by atoms with E-state index in [4.69, 9.17) is 0 Å². The van der Waals surface area contributed by atoms with Gasteiger partial charge in [-0.1, -0.05) is 158 Å². The molecule has 0 amide bonds. The van der Waals surface area contributed by atoms with Crippen LogP contribution >= 0.6 is 15.8 Å². The van der Waals surface area contributed by atoms with E-state index >= 15 is 0 Å². The quantitative estimate of drug-likeness (QED) is 0.0516. The van der Waals surface area contributed by atoms with Crippen molar-refractivity contribution in [1.29, 1.82) is 0 Å². The summed E-state index contributed by atoms with van der Waals surface area (Å²) in [4.78, 5) is 0.